The van der Waals surface area contributed by atoms with Crippen LogP contribution < -0.4 is 0 Å². The molecule has 0 bridgehead atoms. The first-order chi connectivity index (χ1) is 5.11. The lowest BCUT2D eigenvalue weighted by Crippen LogP contribution is -1.94. The molecule has 0 saturated carbocycles. The Hall–Kier alpha value is -1.16. The summed E-state index contributed by atoms with van der Waals surface area (Å²) in [5.74, 6) is -1.04. The molecule has 0 aromatic heterocycles. The van der Waals surface area contributed by atoms with E-state index in [0.29, 0.717) is 0 Å². The molecule has 0 aliphatic rings. The van der Waals surface area contributed by atoms with Crippen molar-refractivity contribution >= 4 is 18.6 Å². The number of carbonyl (C=O) groups is 1. The Kier molecular flexibility index (Phi) is 2.05. The molecule has 0 atom stereocenters. The van der Waals surface area contributed by atoms with Crippen molar-refractivity contribution in [3.63, 3.8) is 0 Å². The Balaban J connectivity index is 3.15. The van der Waals surface area contributed by atoms with E-state index in [9.17, 15) is 4.79 Å². The highest BCUT2D eigenvalue weighted by molar-refractivity contribution is 7.80. The molecule has 0 radical (unpaired) electrons. The van der Waals surface area contributed by atoms with Gasteiger partial charge < -0.3 is 10.2 Å². The summed E-state index contributed by atoms with van der Waals surface area (Å²) < 4.78 is 0. The highest BCUT2D eigenvalue weighted by atomic mass is 32.1. The zero-order valence-electron chi connectivity index (χ0n) is 5.48. The number of benzene rings is 1. The first-order valence-electron chi connectivity index (χ1n) is 2.86. The van der Waals surface area contributed by atoms with Gasteiger partial charge >= 0.3 is 5.97 Å². The van der Waals surface area contributed by atoms with Crippen LogP contribution in [0.15, 0.2) is 23.1 Å². The van der Waals surface area contributed by atoms with Gasteiger partial charge in [-0.1, -0.05) is 0 Å². The standard InChI is InChI=1S/C7H6O3S/c8-5-2-1-4(7(9)10)3-6(5)11/h1-3,8,11H,(H,9,10). The second-order valence-electron chi connectivity index (χ2n) is 2.01. The van der Waals surface area contributed by atoms with Gasteiger partial charge in [-0.05, 0) is 18.2 Å². The van der Waals surface area contributed by atoms with Crippen molar-refractivity contribution in [3.8, 4) is 5.75 Å². The second kappa shape index (κ2) is 2.84. The van der Waals surface area contributed by atoms with E-state index in [1.807, 2.05) is 0 Å². The largest absolute Gasteiger partial charge is 0.507 e. The summed E-state index contributed by atoms with van der Waals surface area (Å²) in [7, 11) is 0. The molecular formula is C7H6O3S. The van der Waals surface area contributed by atoms with E-state index in [0.717, 1.165) is 0 Å². The molecule has 11 heavy (non-hydrogen) atoms. The summed E-state index contributed by atoms with van der Waals surface area (Å²) in [4.78, 5) is 10.6. The van der Waals surface area contributed by atoms with Crippen molar-refractivity contribution in [1.29, 1.82) is 0 Å². The van der Waals surface area contributed by atoms with E-state index in [2.05, 4.69) is 12.6 Å². The summed E-state index contributed by atoms with van der Waals surface area (Å²) in [6, 6.07) is 3.91. The Bertz CT molecular complexity index is 296. The molecule has 58 valence electrons. The van der Waals surface area contributed by atoms with E-state index in [1.165, 1.54) is 18.2 Å². The normalized spacial score (nSPS) is 9.55. The average molecular weight is 170 g/mol. The van der Waals surface area contributed by atoms with Gasteiger partial charge in [-0.3, -0.25) is 0 Å². The number of carboxylic acids is 1. The van der Waals surface area contributed by atoms with Gasteiger partial charge in [0, 0.05) is 4.90 Å². The molecule has 3 nitrogen and oxygen atoms in total. The number of rotatable bonds is 1. The Morgan fingerprint density at radius 2 is 2.09 bits per heavy atom. The lowest BCUT2D eigenvalue weighted by Gasteiger charge is -1.97. The second-order valence-corrected chi connectivity index (χ2v) is 2.49. The number of phenolic OH excluding ortho intramolecular Hbond substituents is 1. The van der Waals surface area contributed by atoms with Crippen LogP contribution in [0.1, 0.15) is 10.4 Å². The Labute approximate surface area is 68.7 Å². The zero-order valence-corrected chi connectivity index (χ0v) is 6.38. The van der Waals surface area contributed by atoms with Crippen LogP contribution in [0.4, 0.5) is 0 Å². The molecule has 0 saturated heterocycles. The summed E-state index contributed by atoms with van der Waals surface area (Å²) in [5, 5.41) is 17.4. The number of hydrogen-bond donors (Lipinski definition) is 3. The minimum absolute atomic E-state index is 0.0154. The van der Waals surface area contributed by atoms with Crippen LogP contribution in [-0.2, 0) is 0 Å². The molecular weight excluding hydrogens is 164 g/mol. The minimum Gasteiger partial charge on any atom is -0.507 e. The number of hydrogen-bond acceptors (Lipinski definition) is 3. The minimum atomic E-state index is -1.03. The van der Waals surface area contributed by atoms with Crippen LogP contribution in [0.25, 0.3) is 0 Å². The third-order valence-electron chi connectivity index (χ3n) is 1.22. The predicted octanol–water partition coefficient (Wildman–Crippen LogP) is 1.38. The maximum Gasteiger partial charge on any atom is 0.335 e. The van der Waals surface area contributed by atoms with Gasteiger partial charge in [0.1, 0.15) is 5.75 Å². The molecule has 0 fully saturated rings. The van der Waals surface area contributed by atoms with Gasteiger partial charge in [-0.2, -0.15) is 0 Å². The first-order valence-corrected chi connectivity index (χ1v) is 3.31. The molecule has 0 amide bonds. The Morgan fingerprint density at radius 1 is 1.45 bits per heavy atom. The molecule has 0 aliphatic carbocycles. The highest BCUT2D eigenvalue weighted by Crippen LogP contribution is 2.21. The monoisotopic (exact) mass is 170 g/mol. The molecule has 0 spiro atoms. The van der Waals surface area contributed by atoms with Crippen LogP contribution in [0.2, 0.25) is 0 Å². The maximum atomic E-state index is 10.3. The molecule has 2 N–H and O–H groups in total. The zero-order chi connectivity index (χ0) is 8.43. The number of aromatic carboxylic acids is 1. The average Bonchev–Trinajstić information content (AvgIpc) is 1.94. The highest BCUT2D eigenvalue weighted by Gasteiger charge is 2.04. The molecule has 0 aliphatic heterocycles. The van der Waals surface area contributed by atoms with Gasteiger partial charge in [0.05, 0.1) is 5.56 Å². The van der Waals surface area contributed by atoms with Gasteiger partial charge in [-0.15, -0.1) is 12.6 Å². The number of carboxylic acid groups (broad SMARTS) is 1. The number of thiol groups is 1. The lowest BCUT2D eigenvalue weighted by atomic mass is 10.2. The van der Waals surface area contributed by atoms with Crippen LogP contribution >= 0.6 is 12.6 Å². The van der Waals surface area contributed by atoms with Crippen molar-refractivity contribution < 1.29 is 15.0 Å². The smallest absolute Gasteiger partial charge is 0.335 e. The fourth-order valence-electron chi connectivity index (χ4n) is 0.656. The van der Waals surface area contributed by atoms with Crippen LogP contribution in [-0.4, -0.2) is 16.2 Å². The van der Waals surface area contributed by atoms with Gasteiger partial charge in [-0.25, -0.2) is 4.79 Å². The molecule has 1 aromatic carbocycles. The fourth-order valence-corrected chi connectivity index (χ4v) is 0.870. The summed E-state index contributed by atoms with van der Waals surface area (Å²) in [6.45, 7) is 0. The summed E-state index contributed by atoms with van der Waals surface area (Å²) >= 11 is 3.85. The predicted molar refractivity (Wildman–Crippen MR) is 42.3 cm³/mol. The summed E-state index contributed by atoms with van der Waals surface area (Å²) in [6.07, 6.45) is 0. The van der Waals surface area contributed by atoms with Crippen LogP contribution in [0.5, 0.6) is 5.75 Å². The van der Waals surface area contributed by atoms with Crippen molar-refractivity contribution in [2.24, 2.45) is 0 Å². The topological polar surface area (TPSA) is 57.5 Å². The molecule has 4 heteroatoms. The number of aromatic hydroxyl groups is 1. The van der Waals surface area contributed by atoms with Crippen molar-refractivity contribution in [1.82, 2.24) is 0 Å². The SMILES string of the molecule is O=C(O)c1ccc(O)c(S)c1. The third kappa shape index (κ3) is 1.65. The molecule has 0 unspecified atom stereocenters. The van der Waals surface area contributed by atoms with Crippen molar-refractivity contribution in [2.45, 2.75) is 4.90 Å². The lowest BCUT2D eigenvalue weighted by molar-refractivity contribution is 0.0696. The van der Waals surface area contributed by atoms with E-state index >= 15 is 0 Å². The van der Waals surface area contributed by atoms with Gasteiger partial charge in [0.15, 0.2) is 0 Å². The van der Waals surface area contributed by atoms with Crippen LogP contribution in [0, 0.1) is 0 Å². The molecule has 1 aromatic rings. The Morgan fingerprint density at radius 3 is 2.55 bits per heavy atom. The first kappa shape index (κ1) is 7.94. The van der Waals surface area contributed by atoms with E-state index in [1.54, 1.807) is 0 Å². The van der Waals surface area contributed by atoms with Gasteiger partial charge in [0.2, 0.25) is 0 Å². The van der Waals surface area contributed by atoms with Gasteiger partial charge in [0.25, 0.3) is 0 Å². The quantitative estimate of drug-likeness (QED) is 0.558. The van der Waals surface area contributed by atoms with Crippen molar-refractivity contribution in [3.05, 3.63) is 23.8 Å². The van der Waals surface area contributed by atoms with E-state index in [4.69, 9.17) is 10.2 Å². The van der Waals surface area contributed by atoms with Crippen LogP contribution in [0.3, 0.4) is 0 Å². The molecule has 1 rings (SSSR count). The number of phenols is 1. The third-order valence-corrected chi connectivity index (χ3v) is 1.58. The van der Waals surface area contributed by atoms with Crippen molar-refractivity contribution in [2.75, 3.05) is 0 Å². The fraction of sp³-hybridized carbons (Fsp3) is 0. The maximum absolute atomic E-state index is 10.3. The van der Waals surface area contributed by atoms with E-state index in [-0.39, 0.29) is 16.2 Å². The molecule has 0 heterocycles. The summed E-state index contributed by atoms with van der Waals surface area (Å²) in [5.41, 5.74) is 0.118. The van der Waals surface area contributed by atoms with E-state index < -0.39 is 5.97 Å².